The van der Waals surface area contributed by atoms with Crippen LogP contribution >= 0.6 is 15.9 Å². The van der Waals surface area contributed by atoms with E-state index < -0.39 is 0 Å². The predicted octanol–water partition coefficient (Wildman–Crippen LogP) is 2.61. The van der Waals surface area contributed by atoms with Gasteiger partial charge in [-0.2, -0.15) is 0 Å². The van der Waals surface area contributed by atoms with Crippen molar-refractivity contribution in [3.05, 3.63) is 22.6 Å². The lowest BCUT2D eigenvalue weighted by Gasteiger charge is -2.11. The summed E-state index contributed by atoms with van der Waals surface area (Å²) in [5, 5.41) is 6.08. The molecule has 5 heteroatoms. The third-order valence-corrected chi connectivity index (χ3v) is 2.82. The van der Waals surface area contributed by atoms with Crippen molar-refractivity contribution in [3.63, 3.8) is 0 Å². The summed E-state index contributed by atoms with van der Waals surface area (Å²) in [5.74, 6) is 0.956. The van der Waals surface area contributed by atoms with Gasteiger partial charge in [0, 0.05) is 19.5 Å². The Morgan fingerprint density at radius 3 is 2.82 bits per heavy atom. The fourth-order valence-corrected chi connectivity index (χ4v) is 1.74. The lowest BCUT2D eigenvalue weighted by Crippen LogP contribution is -2.29. The molecule has 0 aliphatic carbocycles. The topological polar surface area (TPSA) is 54.3 Å². The minimum Gasteiger partial charge on any atom is -0.453 e. The van der Waals surface area contributed by atoms with Gasteiger partial charge in [0.15, 0.2) is 4.67 Å². The first-order chi connectivity index (χ1) is 8.13. The maximum absolute atomic E-state index is 11.3. The maximum atomic E-state index is 11.3. The molecule has 17 heavy (non-hydrogen) atoms. The largest absolute Gasteiger partial charge is 0.453 e. The minimum absolute atomic E-state index is 0.0900. The summed E-state index contributed by atoms with van der Waals surface area (Å²) in [7, 11) is 0. The van der Waals surface area contributed by atoms with E-state index in [1.807, 2.05) is 26.0 Å². The first-order valence-corrected chi connectivity index (χ1v) is 6.68. The van der Waals surface area contributed by atoms with Crippen molar-refractivity contribution in [2.24, 2.45) is 0 Å². The standard InChI is InChI=1S/C12H19BrN2O2/c1-3-7-15-12(16)6-8-14-9(2)10-4-5-11(13)17-10/h4-5,9,14H,3,6-8H2,1-2H3,(H,15,16). The smallest absolute Gasteiger partial charge is 0.221 e. The quantitative estimate of drug-likeness (QED) is 0.814. The highest BCUT2D eigenvalue weighted by atomic mass is 79.9. The summed E-state index contributed by atoms with van der Waals surface area (Å²) >= 11 is 3.26. The number of nitrogens with one attached hydrogen (secondary N) is 2. The summed E-state index contributed by atoms with van der Waals surface area (Å²) in [4.78, 5) is 11.3. The fourth-order valence-electron chi connectivity index (χ4n) is 1.42. The molecule has 1 atom stereocenters. The highest BCUT2D eigenvalue weighted by Gasteiger charge is 2.09. The van der Waals surface area contributed by atoms with Gasteiger partial charge in [-0.05, 0) is 41.4 Å². The average molecular weight is 303 g/mol. The number of furan rings is 1. The molecule has 1 unspecified atom stereocenters. The third kappa shape index (κ3) is 5.37. The van der Waals surface area contributed by atoms with E-state index in [0.717, 1.165) is 23.4 Å². The molecule has 0 fully saturated rings. The summed E-state index contributed by atoms with van der Waals surface area (Å²) < 4.78 is 6.15. The third-order valence-electron chi connectivity index (χ3n) is 2.40. The van der Waals surface area contributed by atoms with E-state index in [4.69, 9.17) is 4.42 Å². The summed E-state index contributed by atoms with van der Waals surface area (Å²) in [6.45, 7) is 5.44. The number of carbonyl (C=O) groups is 1. The molecule has 2 N–H and O–H groups in total. The van der Waals surface area contributed by atoms with E-state index >= 15 is 0 Å². The molecule has 1 heterocycles. The Hall–Kier alpha value is -0.810. The van der Waals surface area contributed by atoms with Gasteiger partial charge in [-0.25, -0.2) is 0 Å². The van der Waals surface area contributed by atoms with Gasteiger partial charge in [0.2, 0.25) is 5.91 Å². The molecule has 0 radical (unpaired) electrons. The zero-order chi connectivity index (χ0) is 12.7. The van der Waals surface area contributed by atoms with Crippen molar-refractivity contribution in [2.75, 3.05) is 13.1 Å². The SMILES string of the molecule is CCCNC(=O)CCNC(C)c1ccc(Br)o1. The highest BCUT2D eigenvalue weighted by Crippen LogP contribution is 2.19. The number of amides is 1. The molecule has 0 spiro atoms. The Kier molecular flexibility index (Phi) is 6.29. The van der Waals surface area contributed by atoms with Crippen molar-refractivity contribution in [1.29, 1.82) is 0 Å². The van der Waals surface area contributed by atoms with Crippen LogP contribution in [0.2, 0.25) is 0 Å². The Balaban J connectivity index is 2.20. The number of carbonyl (C=O) groups excluding carboxylic acids is 1. The van der Waals surface area contributed by atoms with Crippen LogP contribution in [0.4, 0.5) is 0 Å². The summed E-state index contributed by atoms with van der Waals surface area (Å²) in [6, 6.07) is 3.89. The van der Waals surface area contributed by atoms with E-state index in [1.54, 1.807) is 0 Å². The van der Waals surface area contributed by atoms with Crippen molar-refractivity contribution in [1.82, 2.24) is 10.6 Å². The number of hydrogen-bond acceptors (Lipinski definition) is 3. The second-order valence-corrected chi connectivity index (χ2v) is 4.70. The van der Waals surface area contributed by atoms with Crippen LogP contribution in [0.3, 0.4) is 0 Å². The van der Waals surface area contributed by atoms with Crippen LogP contribution in [-0.2, 0) is 4.79 Å². The van der Waals surface area contributed by atoms with Crippen molar-refractivity contribution >= 4 is 21.8 Å². The molecular formula is C12H19BrN2O2. The molecule has 0 saturated carbocycles. The van der Waals surface area contributed by atoms with Gasteiger partial charge in [-0.3, -0.25) is 4.79 Å². The molecule has 0 saturated heterocycles. The molecule has 4 nitrogen and oxygen atoms in total. The second-order valence-electron chi connectivity index (χ2n) is 3.92. The zero-order valence-corrected chi connectivity index (χ0v) is 11.8. The zero-order valence-electron chi connectivity index (χ0n) is 10.3. The van der Waals surface area contributed by atoms with Crippen molar-refractivity contribution in [3.8, 4) is 0 Å². The van der Waals surface area contributed by atoms with Crippen molar-refractivity contribution < 1.29 is 9.21 Å². The Bertz CT molecular complexity index is 352. The van der Waals surface area contributed by atoms with Crippen LogP contribution in [0.15, 0.2) is 21.2 Å². The van der Waals surface area contributed by atoms with Gasteiger partial charge in [-0.15, -0.1) is 0 Å². The second kappa shape index (κ2) is 7.50. The van der Waals surface area contributed by atoms with Crippen LogP contribution in [0.1, 0.15) is 38.5 Å². The van der Waals surface area contributed by atoms with Crippen LogP contribution in [0.5, 0.6) is 0 Å². The van der Waals surface area contributed by atoms with Gasteiger partial charge in [0.05, 0.1) is 6.04 Å². The molecule has 1 aromatic rings. The minimum atomic E-state index is 0.0900. The first kappa shape index (κ1) is 14.3. The molecule has 0 bridgehead atoms. The molecule has 1 aromatic heterocycles. The number of hydrogen-bond donors (Lipinski definition) is 2. The molecule has 0 aliphatic heterocycles. The fraction of sp³-hybridized carbons (Fsp3) is 0.583. The van der Waals surface area contributed by atoms with Crippen LogP contribution in [0.25, 0.3) is 0 Å². The number of rotatable bonds is 7. The molecule has 96 valence electrons. The predicted molar refractivity (Wildman–Crippen MR) is 70.7 cm³/mol. The average Bonchev–Trinajstić information content (AvgIpc) is 2.73. The molecule has 1 amide bonds. The van der Waals surface area contributed by atoms with E-state index in [2.05, 4.69) is 26.6 Å². The lowest BCUT2D eigenvalue weighted by molar-refractivity contribution is -0.121. The summed E-state index contributed by atoms with van der Waals surface area (Å²) in [5.41, 5.74) is 0. The molecule has 0 aliphatic rings. The molecular weight excluding hydrogens is 284 g/mol. The van der Waals surface area contributed by atoms with Gasteiger partial charge in [0.1, 0.15) is 5.76 Å². The summed E-state index contributed by atoms with van der Waals surface area (Å²) in [6.07, 6.45) is 1.46. The monoisotopic (exact) mass is 302 g/mol. The van der Waals surface area contributed by atoms with Gasteiger partial charge >= 0.3 is 0 Å². The highest BCUT2D eigenvalue weighted by molar-refractivity contribution is 9.10. The van der Waals surface area contributed by atoms with E-state index in [9.17, 15) is 4.79 Å². The van der Waals surface area contributed by atoms with Crippen LogP contribution in [-0.4, -0.2) is 19.0 Å². The maximum Gasteiger partial charge on any atom is 0.221 e. The normalized spacial score (nSPS) is 12.4. The van der Waals surface area contributed by atoms with Gasteiger partial charge < -0.3 is 15.1 Å². The van der Waals surface area contributed by atoms with E-state index in [1.165, 1.54) is 0 Å². The number of halogens is 1. The van der Waals surface area contributed by atoms with Crippen LogP contribution in [0, 0.1) is 0 Å². The molecule has 0 aromatic carbocycles. The van der Waals surface area contributed by atoms with Gasteiger partial charge in [0.25, 0.3) is 0 Å². The first-order valence-electron chi connectivity index (χ1n) is 5.88. The van der Waals surface area contributed by atoms with E-state index in [-0.39, 0.29) is 11.9 Å². The Morgan fingerprint density at radius 2 is 2.24 bits per heavy atom. The molecule has 1 rings (SSSR count). The lowest BCUT2D eigenvalue weighted by atomic mass is 10.2. The van der Waals surface area contributed by atoms with Crippen LogP contribution < -0.4 is 10.6 Å². The Labute approximate surface area is 110 Å². The van der Waals surface area contributed by atoms with E-state index in [0.29, 0.717) is 13.0 Å². The van der Waals surface area contributed by atoms with Gasteiger partial charge in [-0.1, -0.05) is 6.92 Å². The van der Waals surface area contributed by atoms with Crippen molar-refractivity contribution in [2.45, 2.75) is 32.7 Å². The Morgan fingerprint density at radius 1 is 1.47 bits per heavy atom.